The predicted octanol–water partition coefficient (Wildman–Crippen LogP) is 2.66. The molecule has 34 heavy (non-hydrogen) atoms. The minimum Gasteiger partial charge on any atom is -0.458 e. The Morgan fingerprint density at radius 3 is 2.56 bits per heavy atom. The predicted molar refractivity (Wildman–Crippen MR) is 129 cm³/mol. The quantitative estimate of drug-likeness (QED) is 0.236. The van der Waals surface area contributed by atoms with Gasteiger partial charge in [-0.25, -0.2) is 4.79 Å². The van der Waals surface area contributed by atoms with E-state index in [4.69, 9.17) is 21.1 Å². The lowest BCUT2D eigenvalue weighted by Gasteiger charge is -2.48. The lowest BCUT2D eigenvalue weighted by Crippen LogP contribution is -2.72. The van der Waals surface area contributed by atoms with Gasteiger partial charge in [-0.05, 0) is 45.6 Å². The van der Waals surface area contributed by atoms with E-state index in [9.17, 15) is 19.2 Å². The molecule has 0 saturated carbocycles. The second-order valence-corrected chi connectivity index (χ2v) is 10.9. The monoisotopic (exact) mass is 510 g/mol. The van der Waals surface area contributed by atoms with Crippen molar-refractivity contribution in [2.75, 3.05) is 12.4 Å². The molecule has 1 aromatic rings. The number of benzene rings is 1. The van der Waals surface area contributed by atoms with Gasteiger partial charge in [-0.1, -0.05) is 41.9 Å². The maximum absolute atomic E-state index is 12.9. The number of thioether (sulfide) groups is 1. The van der Waals surface area contributed by atoms with Crippen LogP contribution in [0, 0.1) is 0 Å². The molecule has 10 heteroatoms. The smallest absolute Gasteiger partial charge is 0.345 e. The zero-order chi connectivity index (χ0) is 24.9. The van der Waals surface area contributed by atoms with Gasteiger partial charge in [0.2, 0.25) is 11.4 Å². The van der Waals surface area contributed by atoms with Crippen molar-refractivity contribution in [2.45, 2.75) is 75.1 Å². The summed E-state index contributed by atoms with van der Waals surface area (Å²) in [6.45, 7) is 5.66. The number of likely N-dealkylation sites (tertiary alicyclic amines) is 1. The highest BCUT2D eigenvalue weighted by molar-refractivity contribution is 8.00. The standard InChI is InChI=1S/C24H31ClN2O6S/c1-24(2,3)33-23(31)20(25)27-21(30)19(26-18(29)13-15-9-5-4-6-10-15)22(27)34-14-16(28)17-11-7-8-12-32-17/h4-6,9-10,17,19-20,22H,7-8,11-14H2,1-3H3,(H,26,29)/t17?,19-,20?,22-/m1/s1. The van der Waals surface area contributed by atoms with Gasteiger partial charge in [0.1, 0.15) is 23.1 Å². The molecule has 4 atom stereocenters. The number of alkyl halides is 1. The van der Waals surface area contributed by atoms with Crippen LogP contribution in [0.15, 0.2) is 30.3 Å². The number of amides is 2. The number of nitrogens with zero attached hydrogens (tertiary/aromatic N) is 1. The fourth-order valence-electron chi connectivity index (χ4n) is 3.76. The summed E-state index contributed by atoms with van der Waals surface area (Å²) in [5.41, 5.74) is -1.34. The minimum absolute atomic E-state index is 0.0715. The second-order valence-electron chi connectivity index (χ2n) is 9.35. The van der Waals surface area contributed by atoms with Gasteiger partial charge in [-0.2, -0.15) is 0 Å². The van der Waals surface area contributed by atoms with Crippen molar-refractivity contribution in [1.29, 1.82) is 0 Å². The van der Waals surface area contributed by atoms with Crippen LogP contribution in [0.4, 0.5) is 0 Å². The molecule has 2 aliphatic heterocycles. The molecule has 0 bridgehead atoms. The molecule has 0 aromatic heterocycles. The average Bonchev–Trinajstić information content (AvgIpc) is 2.79. The van der Waals surface area contributed by atoms with Crippen LogP contribution < -0.4 is 5.32 Å². The van der Waals surface area contributed by atoms with Crippen LogP contribution in [-0.4, -0.2) is 69.4 Å². The van der Waals surface area contributed by atoms with Crippen LogP contribution in [0.25, 0.3) is 0 Å². The first kappa shape index (κ1) is 26.5. The van der Waals surface area contributed by atoms with E-state index in [1.807, 2.05) is 30.3 Å². The van der Waals surface area contributed by atoms with E-state index in [1.165, 1.54) is 16.7 Å². The van der Waals surface area contributed by atoms with Gasteiger partial charge < -0.3 is 14.8 Å². The summed E-state index contributed by atoms with van der Waals surface area (Å²) < 4.78 is 10.9. The van der Waals surface area contributed by atoms with Gasteiger partial charge in [0.05, 0.1) is 12.2 Å². The molecule has 1 aromatic carbocycles. The van der Waals surface area contributed by atoms with Crippen LogP contribution >= 0.6 is 23.4 Å². The first-order valence-corrected chi connectivity index (χ1v) is 12.8. The molecule has 0 radical (unpaired) electrons. The average molecular weight is 511 g/mol. The number of carbonyl (C=O) groups excluding carboxylic acids is 4. The Bertz CT molecular complexity index is 900. The molecular weight excluding hydrogens is 480 g/mol. The fraction of sp³-hybridized carbons (Fsp3) is 0.583. The topological polar surface area (TPSA) is 102 Å². The van der Waals surface area contributed by atoms with E-state index in [1.54, 1.807) is 20.8 Å². The zero-order valence-electron chi connectivity index (χ0n) is 19.6. The van der Waals surface area contributed by atoms with Crippen LogP contribution in [0.5, 0.6) is 0 Å². The van der Waals surface area contributed by atoms with E-state index in [0.29, 0.717) is 13.0 Å². The minimum atomic E-state index is -1.37. The summed E-state index contributed by atoms with van der Waals surface area (Å²) in [4.78, 5) is 51.8. The molecule has 2 fully saturated rings. The van der Waals surface area contributed by atoms with Crippen molar-refractivity contribution in [3.8, 4) is 0 Å². The first-order chi connectivity index (χ1) is 16.1. The number of rotatable bonds is 9. The van der Waals surface area contributed by atoms with Crippen LogP contribution in [-0.2, 0) is 35.1 Å². The van der Waals surface area contributed by atoms with E-state index >= 15 is 0 Å². The van der Waals surface area contributed by atoms with Gasteiger partial charge in [0, 0.05) is 6.61 Å². The molecular formula is C24H31ClN2O6S. The number of halogens is 1. The van der Waals surface area contributed by atoms with Gasteiger partial charge in [0.25, 0.3) is 5.91 Å². The number of esters is 1. The highest BCUT2D eigenvalue weighted by Crippen LogP contribution is 2.35. The Hall–Kier alpha value is -2.10. The summed E-state index contributed by atoms with van der Waals surface area (Å²) in [5.74, 6) is -1.60. The van der Waals surface area contributed by atoms with E-state index < -0.39 is 40.5 Å². The Labute approximate surface area is 209 Å². The molecule has 2 saturated heterocycles. The summed E-state index contributed by atoms with van der Waals surface area (Å²) in [6.07, 6.45) is 2.17. The highest BCUT2D eigenvalue weighted by Gasteiger charge is 2.53. The SMILES string of the molecule is CC(C)(C)OC(=O)C(Cl)N1C(=O)[C@@H](NC(=O)Cc2ccccc2)[C@H]1SCC(=O)C1CCCCO1. The molecule has 0 spiro atoms. The van der Waals surface area contributed by atoms with Crippen LogP contribution in [0.1, 0.15) is 45.6 Å². The lowest BCUT2D eigenvalue weighted by atomic mass is 10.1. The largest absolute Gasteiger partial charge is 0.458 e. The van der Waals surface area contributed by atoms with Crippen molar-refractivity contribution in [3.63, 3.8) is 0 Å². The van der Waals surface area contributed by atoms with Crippen molar-refractivity contribution in [3.05, 3.63) is 35.9 Å². The molecule has 2 unspecified atom stereocenters. The van der Waals surface area contributed by atoms with Crippen molar-refractivity contribution >= 4 is 46.9 Å². The van der Waals surface area contributed by atoms with E-state index in [0.717, 1.165) is 18.4 Å². The van der Waals surface area contributed by atoms with Gasteiger partial charge >= 0.3 is 5.97 Å². The fourth-order valence-corrected chi connectivity index (χ4v) is 5.37. The molecule has 2 heterocycles. The summed E-state index contributed by atoms with van der Waals surface area (Å²) in [7, 11) is 0. The zero-order valence-corrected chi connectivity index (χ0v) is 21.2. The van der Waals surface area contributed by atoms with Crippen molar-refractivity contribution < 1.29 is 28.7 Å². The maximum Gasteiger partial charge on any atom is 0.345 e. The molecule has 3 rings (SSSR count). The van der Waals surface area contributed by atoms with E-state index in [2.05, 4.69) is 5.32 Å². The van der Waals surface area contributed by atoms with Gasteiger partial charge in [-0.3, -0.25) is 19.3 Å². The van der Waals surface area contributed by atoms with Gasteiger partial charge in [-0.15, -0.1) is 11.8 Å². The molecule has 0 aliphatic carbocycles. The van der Waals surface area contributed by atoms with Gasteiger partial charge in [0.15, 0.2) is 5.78 Å². The molecule has 8 nitrogen and oxygen atoms in total. The maximum atomic E-state index is 12.9. The summed E-state index contributed by atoms with van der Waals surface area (Å²) in [6, 6.07) is 8.25. The number of ketones is 1. The Morgan fingerprint density at radius 1 is 1.24 bits per heavy atom. The number of ether oxygens (including phenoxy) is 2. The Balaban J connectivity index is 1.67. The third-order valence-corrected chi connectivity index (χ3v) is 7.06. The Kier molecular flexibility index (Phi) is 9.01. The highest BCUT2D eigenvalue weighted by atomic mass is 35.5. The summed E-state index contributed by atoms with van der Waals surface area (Å²) in [5, 5.41) is 2.05. The number of β-lactam (4-membered cyclic amide) rings is 1. The first-order valence-electron chi connectivity index (χ1n) is 11.3. The molecule has 2 amide bonds. The third kappa shape index (κ3) is 6.96. The number of hydrogen-bond donors (Lipinski definition) is 1. The Morgan fingerprint density at radius 2 is 1.94 bits per heavy atom. The van der Waals surface area contributed by atoms with Crippen molar-refractivity contribution in [2.24, 2.45) is 0 Å². The number of carbonyl (C=O) groups is 4. The number of Topliss-reactive ketones (excluding diaryl/α,β-unsaturated/α-hetero) is 1. The van der Waals surface area contributed by atoms with E-state index in [-0.39, 0.29) is 23.9 Å². The lowest BCUT2D eigenvalue weighted by molar-refractivity contribution is -0.167. The second kappa shape index (κ2) is 11.6. The molecule has 2 aliphatic rings. The van der Waals surface area contributed by atoms with Crippen molar-refractivity contribution in [1.82, 2.24) is 10.2 Å². The van der Waals surface area contributed by atoms with Crippen LogP contribution in [0.2, 0.25) is 0 Å². The number of nitrogens with one attached hydrogen (secondary N) is 1. The normalized spacial score (nSPS) is 23.6. The third-order valence-electron chi connectivity index (χ3n) is 5.38. The summed E-state index contributed by atoms with van der Waals surface area (Å²) >= 11 is 7.48. The molecule has 186 valence electrons. The molecule has 1 N–H and O–H groups in total. The number of hydrogen-bond acceptors (Lipinski definition) is 7. The van der Waals surface area contributed by atoms with Crippen LogP contribution in [0.3, 0.4) is 0 Å².